The molecule has 114 valence electrons. The Morgan fingerprint density at radius 1 is 1.43 bits per heavy atom. The van der Waals surface area contributed by atoms with Gasteiger partial charge in [0.2, 0.25) is 0 Å². The summed E-state index contributed by atoms with van der Waals surface area (Å²) in [5, 5.41) is 14.6. The molecule has 2 aliphatic rings. The van der Waals surface area contributed by atoms with Crippen LogP contribution in [0.15, 0.2) is 24.3 Å². The Bertz CT molecular complexity index is 544. The van der Waals surface area contributed by atoms with E-state index in [2.05, 4.69) is 19.2 Å². The first-order chi connectivity index (χ1) is 10.0. The lowest BCUT2D eigenvalue weighted by Crippen LogP contribution is -2.69. The van der Waals surface area contributed by atoms with E-state index in [9.17, 15) is 10.1 Å². The molecule has 5 heteroatoms. The van der Waals surface area contributed by atoms with Crippen LogP contribution in [0.1, 0.15) is 32.3 Å². The Morgan fingerprint density at radius 3 is 2.95 bits per heavy atom. The first-order valence-electron chi connectivity index (χ1n) is 7.59. The minimum absolute atomic E-state index is 0.0919. The van der Waals surface area contributed by atoms with Crippen LogP contribution in [0.5, 0.6) is 0 Å². The SMILES string of the molecule is CC1(C)C(NCc2ccccc2[N+](=O)[O-])C2CCCOC21. The molecule has 1 heterocycles. The van der Waals surface area contributed by atoms with Crippen LogP contribution in [0.4, 0.5) is 5.69 Å². The van der Waals surface area contributed by atoms with Gasteiger partial charge >= 0.3 is 0 Å². The fourth-order valence-electron chi connectivity index (χ4n) is 4.00. The van der Waals surface area contributed by atoms with Crippen LogP contribution in [0.3, 0.4) is 0 Å². The Balaban J connectivity index is 1.69. The van der Waals surface area contributed by atoms with E-state index >= 15 is 0 Å². The quantitative estimate of drug-likeness (QED) is 0.684. The van der Waals surface area contributed by atoms with Gasteiger partial charge < -0.3 is 10.1 Å². The monoisotopic (exact) mass is 290 g/mol. The molecule has 1 N–H and O–H groups in total. The van der Waals surface area contributed by atoms with Crippen molar-refractivity contribution in [3.63, 3.8) is 0 Å². The highest BCUT2D eigenvalue weighted by Crippen LogP contribution is 2.51. The van der Waals surface area contributed by atoms with Crippen molar-refractivity contribution in [2.75, 3.05) is 6.61 Å². The second-order valence-corrected chi connectivity index (χ2v) is 6.66. The molecule has 2 fully saturated rings. The number of hydrogen-bond acceptors (Lipinski definition) is 4. The molecule has 1 aliphatic carbocycles. The first kappa shape index (κ1) is 14.5. The van der Waals surface area contributed by atoms with Gasteiger partial charge in [-0.25, -0.2) is 0 Å². The molecule has 0 amide bonds. The van der Waals surface area contributed by atoms with Crippen LogP contribution in [0.25, 0.3) is 0 Å². The number of nitro groups is 1. The van der Waals surface area contributed by atoms with E-state index in [-0.39, 0.29) is 16.0 Å². The third-order valence-corrected chi connectivity index (χ3v) is 5.03. The number of fused-ring (bicyclic) bond motifs is 1. The largest absolute Gasteiger partial charge is 0.377 e. The van der Waals surface area contributed by atoms with E-state index in [1.807, 2.05) is 12.1 Å². The van der Waals surface area contributed by atoms with E-state index in [1.54, 1.807) is 12.1 Å². The third-order valence-electron chi connectivity index (χ3n) is 5.03. The summed E-state index contributed by atoms with van der Waals surface area (Å²) < 4.78 is 5.89. The summed E-state index contributed by atoms with van der Waals surface area (Å²) in [4.78, 5) is 10.8. The molecule has 0 aromatic heterocycles. The fourth-order valence-corrected chi connectivity index (χ4v) is 4.00. The molecule has 0 radical (unpaired) electrons. The zero-order valence-corrected chi connectivity index (χ0v) is 12.5. The molecule has 1 aromatic carbocycles. The predicted molar refractivity (Wildman–Crippen MR) is 80.0 cm³/mol. The van der Waals surface area contributed by atoms with Gasteiger partial charge in [-0.1, -0.05) is 32.0 Å². The number of nitro benzene ring substituents is 1. The van der Waals surface area contributed by atoms with E-state index in [0.717, 1.165) is 18.6 Å². The van der Waals surface area contributed by atoms with Crippen molar-refractivity contribution in [3.8, 4) is 0 Å². The number of rotatable bonds is 4. The van der Waals surface area contributed by atoms with Gasteiger partial charge in [-0.15, -0.1) is 0 Å². The van der Waals surface area contributed by atoms with Crippen molar-refractivity contribution in [3.05, 3.63) is 39.9 Å². The van der Waals surface area contributed by atoms with Gasteiger partial charge in [0.05, 0.1) is 11.0 Å². The number of nitrogens with one attached hydrogen (secondary N) is 1. The number of para-hydroxylation sites is 1. The highest BCUT2D eigenvalue weighted by molar-refractivity contribution is 5.39. The van der Waals surface area contributed by atoms with Crippen LogP contribution in [0.2, 0.25) is 0 Å². The fraction of sp³-hybridized carbons (Fsp3) is 0.625. The third kappa shape index (κ3) is 2.45. The van der Waals surface area contributed by atoms with E-state index in [0.29, 0.717) is 24.6 Å². The van der Waals surface area contributed by atoms with Gasteiger partial charge in [0.25, 0.3) is 5.69 Å². The summed E-state index contributed by atoms with van der Waals surface area (Å²) >= 11 is 0. The van der Waals surface area contributed by atoms with Gasteiger partial charge in [-0.05, 0) is 12.8 Å². The zero-order chi connectivity index (χ0) is 15.0. The molecule has 1 saturated heterocycles. The smallest absolute Gasteiger partial charge is 0.273 e. The molecule has 5 nitrogen and oxygen atoms in total. The highest BCUT2D eigenvalue weighted by atomic mass is 16.6. The lowest BCUT2D eigenvalue weighted by molar-refractivity contribution is -0.385. The number of hydrogen-bond donors (Lipinski definition) is 1. The molecule has 3 rings (SSSR count). The molecular weight excluding hydrogens is 268 g/mol. The summed E-state index contributed by atoms with van der Waals surface area (Å²) in [6.07, 6.45) is 2.62. The van der Waals surface area contributed by atoms with Crippen LogP contribution in [-0.2, 0) is 11.3 Å². The molecule has 0 bridgehead atoms. The summed E-state index contributed by atoms with van der Waals surface area (Å²) in [5.41, 5.74) is 1.03. The van der Waals surface area contributed by atoms with Gasteiger partial charge in [0.15, 0.2) is 0 Å². The Labute approximate surface area is 124 Å². The molecule has 21 heavy (non-hydrogen) atoms. The molecule has 3 unspecified atom stereocenters. The molecule has 1 aromatic rings. The highest BCUT2D eigenvalue weighted by Gasteiger charge is 2.57. The van der Waals surface area contributed by atoms with Crippen molar-refractivity contribution in [2.24, 2.45) is 11.3 Å². The van der Waals surface area contributed by atoms with E-state index < -0.39 is 0 Å². The maximum Gasteiger partial charge on any atom is 0.273 e. The van der Waals surface area contributed by atoms with Crippen molar-refractivity contribution in [2.45, 2.75) is 45.4 Å². The van der Waals surface area contributed by atoms with Gasteiger partial charge in [-0.3, -0.25) is 10.1 Å². The van der Waals surface area contributed by atoms with Crippen molar-refractivity contribution < 1.29 is 9.66 Å². The van der Waals surface area contributed by atoms with Crippen LogP contribution in [-0.4, -0.2) is 23.7 Å². The topological polar surface area (TPSA) is 64.4 Å². The van der Waals surface area contributed by atoms with E-state index in [1.165, 1.54) is 6.42 Å². The zero-order valence-electron chi connectivity index (χ0n) is 12.5. The van der Waals surface area contributed by atoms with Gasteiger partial charge in [0.1, 0.15) is 0 Å². The van der Waals surface area contributed by atoms with Crippen LogP contribution < -0.4 is 5.32 Å². The van der Waals surface area contributed by atoms with Crippen molar-refractivity contribution in [1.29, 1.82) is 0 Å². The Kier molecular flexibility index (Phi) is 3.71. The predicted octanol–water partition coefficient (Wildman–Crippen LogP) is 2.89. The minimum Gasteiger partial charge on any atom is -0.377 e. The summed E-state index contributed by atoms with van der Waals surface area (Å²) in [5.74, 6) is 0.538. The van der Waals surface area contributed by atoms with Crippen LogP contribution >= 0.6 is 0 Å². The maximum atomic E-state index is 11.1. The van der Waals surface area contributed by atoms with E-state index in [4.69, 9.17) is 4.74 Å². The second kappa shape index (κ2) is 5.39. The summed E-state index contributed by atoms with van der Waals surface area (Å²) in [7, 11) is 0. The molecule has 0 spiro atoms. The average Bonchev–Trinajstić information content (AvgIpc) is 2.47. The average molecular weight is 290 g/mol. The summed E-state index contributed by atoms with van der Waals surface area (Å²) in [6, 6.07) is 7.31. The Hall–Kier alpha value is -1.46. The minimum atomic E-state index is -0.310. The van der Waals surface area contributed by atoms with Crippen molar-refractivity contribution in [1.82, 2.24) is 5.32 Å². The lowest BCUT2D eigenvalue weighted by Gasteiger charge is -2.60. The normalized spacial score (nSPS) is 30.3. The first-order valence-corrected chi connectivity index (χ1v) is 7.59. The second-order valence-electron chi connectivity index (χ2n) is 6.66. The number of ether oxygens (including phenoxy) is 1. The van der Waals surface area contributed by atoms with Gasteiger partial charge in [0, 0.05) is 42.2 Å². The molecule has 1 aliphatic heterocycles. The number of benzene rings is 1. The molecule has 3 atom stereocenters. The van der Waals surface area contributed by atoms with Crippen LogP contribution in [0, 0.1) is 21.4 Å². The standard InChI is InChI=1S/C16H22N2O3/c1-16(2)14(12-7-5-9-21-15(12)16)17-10-11-6-3-4-8-13(11)18(19)20/h3-4,6,8,12,14-15,17H,5,7,9-10H2,1-2H3. The number of nitrogens with zero attached hydrogens (tertiary/aromatic N) is 1. The molecule has 1 saturated carbocycles. The summed E-state index contributed by atoms with van der Waals surface area (Å²) in [6.45, 7) is 5.84. The van der Waals surface area contributed by atoms with Gasteiger partial charge in [-0.2, -0.15) is 0 Å². The Morgan fingerprint density at radius 2 is 2.19 bits per heavy atom. The lowest BCUT2D eigenvalue weighted by atomic mass is 9.55. The van der Waals surface area contributed by atoms with Crippen molar-refractivity contribution >= 4 is 5.69 Å². The molecular formula is C16H22N2O3. The maximum absolute atomic E-state index is 11.1.